The van der Waals surface area contributed by atoms with Crippen LogP contribution in [-0.2, 0) is 0 Å². The Hall–Kier alpha value is -2.61. The van der Waals surface area contributed by atoms with Crippen LogP contribution in [0.4, 0.5) is 17.2 Å². The Balaban J connectivity index is 1.77. The number of aromatic nitrogens is 2. The molecule has 1 N–H and O–H groups in total. The molecule has 1 aliphatic rings. The van der Waals surface area contributed by atoms with Gasteiger partial charge in [0.1, 0.15) is 11.6 Å². The van der Waals surface area contributed by atoms with E-state index < -0.39 is 0 Å². The second-order valence-corrected chi connectivity index (χ2v) is 6.32. The predicted octanol–water partition coefficient (Wildman–Crippen LogP) is 4.09. The van der Waals surface area contributed by atoms with Crippen LogP contribution in [0.15, 0.2) is 24.3 Å². The van der Waals surface area contributed by atoms with E-state index >= 15 is 0 Å². The van der Waals surface area contributed by atoms with E-state index in [1.807, 2.05) is 26.0 Å². The molecule has 124 valence electrons. The standard InChI is InChI=1S/C19H23N5/c1-14-15(2)22-23-19(18(14)13-20)21-16-7-9-17(10-8-16)24-11-5-3-4-6-12-24/h7-10H,3-6,11-12H2,1-2H3,(H,21,23). The van der Waals surface area contributed by atoms with Crippen molar-refractivity contribution in [1.29, 1.82) is 5.26 Å². The van der Waals surface area contributed by atoms with Gasteiger partial charge in [-0.1, -0.05) is 12.8 Å². The minimum Gasteiger partial charge on any atom is -0.372 e. The highest BCUT2D eigenvalue weighted by Gasteiger charge is 2.12. The van der Waals surface area contributed by atoms with Gasteiger partial charge in [0.05, 0.1) is 5.69 Å². The van der Waals surface area contributed by atoms with E-state index in [0.29, 0.717) is 11.4 Å². The first-order valence-corrected chi connectivity index (χ1v) is 8.55. The quantitative estimate of drug-likeness (QED) is 0.922. The summed E-state index contributed by atoms with van der Waals surface area (Å²) in [5.41, 5.74) is 4.39. The van der Waals surface area contributed by atoms with Crippen molar-refractivity contribution >= 4 is 17.2 Å². The number of nitriles is 1. The molecule has 2 heterocycles. The van der Waals surface area contributed by atoms with Crippen molar-refractivity contribution in [2.45, 2.75) is 39.5 Å². The number of aryl methyl sites for hydroxylation is 1. The smallest absolute Gasteiger partial charge is 0.171 e. The van der Waals surface area contributed by atoms with Crippen molar-refractivity contribution in [3.05, 3.63) is 41.1 Å². The van der Waals surface area contributed by atoms with Crippen LogP contribution in [0.1, 0.15) is 42.5 Å². The highest BCUT2D eigenvalue weighted by Crippen LogP contribution is 2.25. The first-order valence-electron chi connectivity index (χ1n) is 8.55. The maximum absolute atomic E-state index is 9.38. The lowest BCUT2D eigenvalue weighted by Crippen LogP contribution is -2.23. The molecule has 1 aromatic heterocycles. The van der Waals surface area contributed by atoms with Crippen molar-refractivity contribution in [3.8, 4) is 6.07 Å². The molecule has 0 amide bonds. The highest BCUT2D eigenvalue weighted by molar-refractivity contribution is 5.66. The predicted molar refractivity (Wildman–Crippen MR) is 96.6 cm³/mol. The number of anilines is 3. The van der Waals surface area contributed by atoms with Gasteiger partial charge < -0.3 is 10.2 Å². The van der Waals surface area contributed by atoms with Crippen molar-refractivity contribution in [2.75, 3.05) is 23.3 Å². The summed E-state index contributed by atoms with van der Waals surface area (Å²) in [5.74, 6) is 0.517. The Morgan fingerprint density at radius 1 is 1.00 bits per heavy atom. The van der Waals surface area contributed by atoms with Crippen molar-refractivity contribution in [1.82, 2.24) is 10.2 Å². The maximum atomic E-state index is 9.38. The van der Waals surface area contributed by atoms with Crippen molar-refractivity contribution < 1.29 is 0 Å². The van der Waals surface area contributed by atoms with Gasteiger partial charge in [0.2, 0.25) is 0 Å². The third kappa shape index (κ3) is 3.48. The fourth-order valence-corrected chi connectivity index (χ4v) is 3.05. The summed E-state index contributed by atoms with van der Waals surface area (Å²) in [6, 6.07) is 10.6. The average Bonchev–Trinajstić information content (AvgIpc) is 2.89. The van der Waals surface area contributed by atoms with Crippen molar-refractivity contribution in [3.63, 3.8) is 0 Å². The molecule has 2 aromatic rings. The molecule has 0 aliphatic carbocycles. The summed E-state index contributed by atoms with van der Waals surface area (Å²) in [6.45, 7) is 6.03. The van der Waals surface area contributed by atoms with E-state index in [4.69, 9.17) is 0 Å². The van der Waals surface area contributed by atoms with Crippen molar-refractivity contribution in [2.24, 2.45) is 0 Å². The third-order valence-corrected chi connectivity index (χ3v) is 4.67. The number of nitrogens with zero attached hydrogens (tertiary/aromatic N) is 4. The van der Waals surface area contributed by atoms with E-state index in [0.717, 1.165) is 30.0 Å². The number of hydrogen-bond acceptors (Lipinski definition) is 5. The summed E-state index contributed by atoms with van der Waals surface area (Å²) in [5, 5.41) is 20.8. The van der Waals surface area contributed by atoms with Gasteiger partial charge in [0.15, 0.2) is 5.82 Å². The molecule has 1 aromatic carbocycles. The molecule has 0 unspecified atom stereocenters. The van der Waals surface area contributed by atoms with Crippen LogP contribution < -0.4 is 10.2 Å². The van der Waals surface area contributed by atoms with Gasteiger partial charge in [0.25, 0.3) is 0 Å². The molecule has 5 nitrogen and oxygen atoms in total. The summed E-state index contributed by atoms with van der Waals surface area (Å²) in [4.78, 5) is 2.45. The van der Waals surface area contributed by atoms with Crippen LogP contribution in [0.25, 0.3) is 0 Å². The Morgan fingerprint density at radius 2 is 1.67 bits per heavy atom. The Labute approximate surface area is 143 Å². The van der Waals surface area contributed by atoms with Gasteiger partial charge >= 0.3 is 0 Å². The van der Waals surface area contributed by atoms with Gasteiger partial charge in [-0.2, -0.15) is 10.4 Å². The molecule has 3 rings (SSSR count). The van der Waals surface area contributed by atoms with Gasteiger partial charge in [-0.15, -0.1) is 5.10 Å². The van der Waals surface area contributed by atoms with Gasteiger partial charge in [-0.25, -0.2) is 0 Å². The second kappa shape index (κ2) is 7.31. The molecule has 1 saturated heterocycles. The van der Waals surface area contributed by atoms with Crippen LogP contribution in [0.3, 0.4) is 0 Å². The second-order valence-electron chi connectivity index (χ2n) is 6.32. The fraction of sp³-hybridized carbons (Fsp3) is 0.421. The van der Waals surface area contributed by atoms with E-state index in [1.165, 1.54) is 31.4 Å². The summed E-state index contributed by atoms with van der Waals surface area (Å²) >= 11 is 0. The summed E-state index contributed by atoms with van der Waals surface area (Å²) in [6.07, 6.45) is 5.20. The van der Waals surface area contributed by atoms with Crippen LogP contribution in [0, 0.1) is 25.2 Å². The zero-order chi connectivity index (χ0) is 16.9. The lowest BCUT2D eigenvalue weighted by atomic mass is 10.1. The zero-order valence-corrected chi connectivity index (χ0v) is 14.3. The first-order chi connectivity index (χ1) is 11.7. The summed E-state index contributed by atoms with van der Waals surface area (Å²) < 4.78 is 0. The molecule has 0 radical (unpaired) electrons. The van der Waals surface area contributed by atoms with Crippen LogP contribution in [0.2, 0.25) is 0 Å². The normalized spacial score (nSPS) is 14.8. The minimum absolute atomic E-state index is 0.517. The Morgan fingerprint density at radius 3 is 2.29 bits per heavy atom. The maximum Gasteiger partial charge on any atom is 0.171 e. The topological polar surface area (TPSA) is 64.8 Å². The number of nitrogens with one attached hydrogen (secondary N) is 1. The van der Waals surface area contributed by atoms with Gasteiger partial charge in [0, 0.05) is 24.5 Å². The molecule has 0 saturated carbocycles. The van der Waals surface area contributed by atoms with E-state index in [1.54, 1.807) is 0 Å². The zero-order valence-electron chi connectivity index (χ0n) is 14.3. The van der Waals surface area contributed by atoms with E-state index in [2.05, 4.69) is 38.6 Å². The molecular weight excluding hydrogens is 298 g/mol. The number of hydrogen-bond donors (Lipinski definition) is 1. The molecule has 0 bridgehead atoms. The molecule has 0 spiro atoms. The lowest BCUT2D eigenvalue weighted by molar-refractivity contribution is 0.726. The number of benzene rings is 1. The minimum atomic E-state index is 0.517. The van der Waals surface area contributed by atoms with Crippen LogP contribution in [0.5, 0.6) is 0 Å². The molecular formula is C19H23N5. The SMILES string of the molecule is Cc1nnc(Nc2ccc(N3CCCCCC3)cc2)c(C#N)c1C. The molecule has 24 heavy (non-hydrogen) atoms. The third-order valence-electron chi connectivity index (χ3n) is 4.67. The highest BCUT2D eigenvalue weighted by atomic mass is 15.2. The molecule has 5 heteroatoms. The van der Waals surface area contributed by atoms with Crippen LogP contribution >= 0.6 is 0 Å². The van der Waals surface area contributed by atoms with Gasteiger partial charge in [-0.3, -0.25) is 0 Å². The first kappa shape index (κ1) is 16.3. The Kier molecular flexibility index (Phi) is 4.95. The Bertz CT molecular complexity index is 738. The number of rotatable bonds is 3. The fourth-order valence-electron chi connectivity index (χ4n) is 3.05. The molecule has 1 aliphatic heterocycles. The average molecular weight is 321 g/mol. The molecule has 1 fully saturated rings. The summed E-state index contributed by atoms with van der Waals surface area (Å²) in [7, 11) is 0. The van der Waals surface area contributed by atoms with Crippen LogP contribution in [-0.4, -0.2) is 23.3 Å². The molecule has 0 atom stereocenters. The van der Waals surface area contributed by atoms with E-state index in [-0.39, 0.29) is 0 Å². The largest absolute Gasteiger partial charge is 0.372 e. The monoisotopic (exact) mass is 321 g/mol. The van der Waals surface area contributed by atoms with Gasteiger partial charge in [-0.05, 0) is 56.5 Å². The van der Waals surface area contributed by atoms with E-state index in [9.17, 15) is 5.26 Å². The lowest BCUT2D eigenvalue weighted by Gasteiger charge is -2.22.